The molecular weight excluding hydrogens is 392 g/mol. The Labute approximate surface area is 172 Å². The van der Waals surface area contributed by atoms with E-state index in [0.29, 0.717) is 29.2 Å². The number of alkyl halides is 1. The first-order chi connectivity index (χ1) is 14.3. The van der Waals surface area contributed by atoms with Crippen molar-refractivity contribution >= 4 is 22.6 Å². The number of nitrogens with one attached hydrogen (secondary N) is 1. The quantitative estimate of drug-likeness (QED) is 0.782. The lowest BCUT2D eigenvalue weighted by molar-refractivity contribution is 0.0694. The number of carbonyl (C=O) groups is 1. The van der Waals surface area contributed by atoms with Gasteiger partial charge in [-0.15, -0.1) is 0 Å². The van der Waals surface area contributed by atoms with E-state index in [2.05, 4.69) is 5.32 Å². The Morgan fingerprint density at radius 3 is 2.63 bits per heavy atom. The lowest BCUT2D eigenvalue weighted by Crippen LogP contribution is -2.37. The lowest BCUT2D eigenvalue weighted by atomic mass is 9.96. The van der Waals surface area contributed by atoms with E-state index >= 15 is 4.39 Å². The average Bonchev–Trinajstić information content (AvgIpc) is 3.60. The number of carboxylic acid groups (broad SMARTS) is 1. The first-order valence-electron chi connectivity index (χ1n) is 10.5. The van der Waals surface area contributed by atoms with Crippen molar-refractivity contribution in [2.75, 3.05) is 25.0 Å². The number of aryl methyl sites for hydroxylation is 1. The SMILES string of the molecule is CNC1([C@@H]2CCN(c3c(F)cc4c(=O)c(C(=O)O)cn(C5C[C@@H]5F)c4c3C)C2)CC1. The third-order valence-corrected chi connectivity index (χ3v) is 7.32. The fraction of sp³-hybridized carbons (Fsp3) is 0.545. The molecular formula is C22H25F2N3O3. The van der Waals surface area contributed by atoms with Crippen LogP contribution in [0, 0.1) is 18.7 Å². The molecule has 0 bridgehead atoms. The molecule has 0 spiro atoms. The molecule has 160 valence electrons. The summed E-state index contributed by atoms with van der Waals surface area (Å²) in [6.45, 7) is 3.17. The van der Waals surface area contributed by atoms with Crippen LogP contribution in [0.3, 0.4) is 0 Å². The molecule has 2 aromatic rings. The highest BCUT2D eigenvalue weighted by molar-refractivity contribution is 5.95. The van der Waals surface area contributed by atoms with Crippen molar-refractivity contribution in [2.24, 2.45) is 5.92 Å². The van der Waals surface area contributed by atoms with E-state index in [1.54, 1.807) is 6.92 Å². The molecule has 2 heterocycles. The Bertz CT molecular complexity index is 1130. The van der Waals surface area contributed by atoms with Crippen LogP contribution in [0.2, 0.25) is 0 Å². The van der Waals surface area contributed by atoms with Gasteiger partial charge in [-0.25, -0.2) is 13.6 Å². The minimum Gasteiger partial charge on any atom is -0.477 e. The van der Waals surface area contributed by atoms with Gasteiger partial charge in [0.1, 0.15) is 17.6 Å². The third kappa shape index (κ3) is 2.76. The standard InChI is InChI=1S/C22H25F2N3O3/c1-11-18-13(20(28)14(21(29)30)10-27(18)17-8-15(17)23)7-16(24)19(11)26-6-3-12(9-26)22(25-2)4-5-22/h7,10,12,15,17,25H,3-6,8-9H2,1-2H3,(H,29,30)/t12-,15+,17?/m1/s1. The number of pyridine rings is 1. The summed E-state index contributed by atoms with van der Waals surface area (Å²) in [6, 6.07) is 0.616. The topological polar surface area (TPSA) is 74.6 Å². The number of aromatic carboxylic acids is 1. The van der Waals surface area contributed by atoms with Crippen molar-refractivity contribution in [3.63, 3.8) is 0 Å². The third-order valence-electron chi connectivity index (χ3n) is 7.32. The van der Waals surface area contributed by atoms with Gasteiger partial charge in [-0.3, -0.25) is 4.79 Å². The molecule has 1 saturated heterocycles. The molecule has 1 aromatic heterocycles. The Morgan fingerprint density at radius 2 is 2.07 bits per heavy atom. The summed E-state index contributed by atoms with van der Waals surface area (Å²) in [4.78, 5) is 26.3. The van der Waals surface area contributed by atoms with Crippen LogP contribution >= 0.6 is 0 Å². The summed E-state index contributed by atoms with van der Waals surface area (Å²) >= 11 is 0. The van der Waals surface area contributed by atoms with Crippen molar-refractivity contribution in [3.8, 4) is 0 Å². The molecule has 3 aliphatic rings. The predicted octanol–water partition coefficient (Wildman–Crippen LogP) is 3.01. The van der Waals surface area contributed by atoms with Gasteiger partial charge in [0.2, 0.25) is 5.43 Å². The summed E-state index contributed by atoms with van der Waals surface area (Å²) in [6.07, 6.45) is 3.60. The Kier molecular flexibility index (Phi) is 4.23. The second-order valence-corrected chi connectivity index (χ2v) is 8.97. The number of anilines is 1. The highest BCUT2D eigenvalue weighted by Crippen LogP contribution is 2.48. The largest absolute Gasteiger partial charge is 0.477 e. The molecule has 30 heavy (non-hydrogen) atoms. The minimum atomic E-state index is -1.39. The second-order valence-electron chi connectivity index (χ2n) is 8.97. The van der Waals surface area contributed by atoms with Gasteiger partial charge in [-0.2, -0.15) is 0 Å². The molecule has 1 aliphatic heterocycles. The van der Waals surface area contributed by atoms with Gasteiger partial charge in [0, 0.05) is 36.6 Å². The molecule has 0 amide bonds. The summed E-state index contributed by atoms with van der Waals surface area (Å²) in [5.41, 5.74) is 0.384. The van der Waals surface area contributed by atoms with E-state index in [-0.39, 0.29) is 17.3 Å². The molecule has 6 nitrogen and oxygen atoms in total. The van der Waals surface area contributed by atoms with Crippen LogP contribution in [0.5, 0.6) is 0 Å². The summed E-state index contributed by atoms with van der Waals surface area (Å²) in [7, 11) is 1.97. The molecule has 3 atom stereocenters. The molecule has 2 N–H and O–H groups in total. The Morgan fingerprint density at radius 1 is 1.37 bits per heavy atom. The molecule has 1 unspecified atom stereocenters. The fourth-order valence-corrected chi connectivity index (χ4v) is 5.32. The monoisotopic (exact) mass is 417 g/mol. The molecule has 2 saturated carbocycles. The zero-order chi connectivity index (χ0) is 21.4. The maximum atomic E-state index is 15.3. The highest BCUT2D eigenvalue weighted by atomic mass is 19.1. The van der Waals surface area contributed by atoms with Crippen LogP contribution in [0.1, 0.15) is 47.6 Å². The maximum Gasteiger partial charge on any atom is 0.341 e. The normalized spacial score (nSPS) is 26.9. The number of carboxylic acids is 1. The van der Waals surface area contributed by atoms with Gasteiger partial charge in [-0.05, 0) is 50.8 Å². The van der Waals surface area contributed by atoms with Gasteiger partial charge >= 0.3 is 5.97 Å². The number of halogens is 2. The molecule has 0 radical (unpaired) electrons. The number of aromatic nitrogens is 1. The number of hydrogen-bond donors (Lipinski definition) is 2. The zero-order valence-electron chi connectivity index (χ0n) is 17.0. The molecule has 5 rings (SSSR count). The maximum absolute atomic E-state index is 15.3. The smallest absolute Gasteiger partial charge is 0.341 e. The van der Waals surface area contributed by atoms with Gasteiger partial charge in [0.15, 0.2) is 0 Å². The van der Waals surface area contributed by atoms with Gasteiger partial charge in [-0.1, -0.05) is 0 Å². The van der Waals surface area contributed by atoms with Crippen LogP contribution < -0.4 is 15.6 Å². The molecule has 3 fully saturated rings. The van der Waals surface area contributed by atoms with Gasteiger partial charge in [0.25, 0.3) is 0 Å². The van der Waals surface area contributed by atoms with E-state index in [9.17, 15) is 19.1 Å². The number of nitrogens with zero attached hydrogens (tertiary/aromatic N) is 2. The van der Waals surface area contributed by atoms with Crippen LogP contribution in [0.4, 0.5) is 14.5 Å². The fourth-order valence-electron chi connectivity index (χ4n) is 5.32. The highest BCUT2D eigenvalue weighted by Gasteiger charge is 2.50. The number of fused-ring (bicyclic) bond motifs is 1. The number of benzene rings is 1. The predicted molar refractivity (Wildman–Crippen MR) is 110 cm³/mol. The van der Waals surface area contributed by atoms with Crippen LogP contribution in [-0.2, 0) is 0 Å². The van der Waals surface area contributed by atoms with Crippen LogP contribution in [0.25, 0.3) is 10.9 Å². The lowest BCUT2D eigenvalue weighted by Gasteiger charge is -2.26. The zero-order valence-corrected chi connectivity index (χ0v) is 17.0. The first kappa shape index (κ1) is 19.5. The minimum absolute atomic E-state index is 0.00242. The molecule has 1 aromatic carbocycles. The van der Waals surface area contributed by atoms with E-state index < -0.39 is 35.0 Å². The summed E-state index contributed by atoms with van der Waals surface area (Å²) < 4.78 is 30.7. The summed E-state index contributed by atoms with van der Waals surface area (Å²) in [5.74, 6) is -1.50. The van der Waals surface area contributed by atoms with Crippen LogP contribution in [-0.4, -0.2) is 47.5 Å². The van der Waals surface area contributed by atoms with Crippen molar-refractivity contribution < 1.29 is 18.7 Å². The van der Waals surface area contributed by atoms with E-state index in [1.807, 2.05) is 11.9 Å². The molecule has 8 heteroatoms. The van der Waals surface area contributed by atoms with E-state index in [0.717, 1.165) is 31.9 Å². The van der Waals surface area contributed by atoms with Crippen molar-refractivity contribution in [1.82, 2.24) is 9.88 Å². The molecule has 2 aliphatic carbocycles. The first-order valence-corrected chi connectivity index (χ1v) is 10.5. The van der Waals surface area contributed by atoms with Gasteiger partial charge < -0.3 is 19.9 Å². The van der Waals surface area contributed by atoms with Crippen molar-refractivity contribution in [1.29, 1.82) is 0 Å². The van der Waals surface area contributed by atoms with Crippen LogP contribution in [0.15, 0.2) is 17.1 Å². The average molecular weight is 417 g/mol. The van der Waals surface area contributed by atoms with Crippen molar-refractivity contribution in [2.45, 2.75) is 50.4 Å². The van der Waals surface area contributed by atoms with Gasteiger partial charge in [0.05, 0.1) is 17.2 Å². The number of rotatable bonds is 5. The summed E-state index contributed by atoms with van der Waals surface area (Å²) in [5, 5.41) is 12.8. The van der Waals surface area contributed by atoms with E-state index in [4.69, 9.17) is 0 Å². The Hall–Kier alpha value is -2.48. The van der Waals surface area contributed by atoms with E-state index in [1.165, 1.54) is 10.8 Å². The Balaban J connectivity index is 1.65. The van der Waals surface area contributed by atoms with Crippen molar-refractivity contribution in [3.05, 3.63) is 39.4 Å². The second kappa shape index (κ2) is 6.51. The number of hydrogen-bond acceptors (Lipinski definition) is 4.